The fraction of sp³-hybridized carbons (Fsp3) is 0.545. The van der Waals surface area contributed by atoms with Gasteiger partial charge >= 0.3 is 7.12 Å². The lowest BCUT2D eigenvalue weighted by atomic mass is 9.79. The van der Waals surface area contributed by atoms with Crippen LogP contribution >= 0.6 is 0 Å². The van der Waals surface area contributed by atoms with Gasteiger partial charge in [0.1, 0.15) is 0 Å². The molecular formula is C11H14BF2NO2. The molecule has 0 atom stereocenters. The maximum Gasteiger partial charge on any atom is 0.498 e. The van der Waals surface area contributed by atoms with Crippen LogP contribution in [-0.2, 0) is 9.31 Å². The number of rotatable bonds is 1. The summed E-state index contributed by atoms with van der Waals surface area (Å²) < 4.78 is 53.2. The maximum absolute atomic E-state index is 13.8. The quantitative estimate of drug-likeness (QED) is 0.555. The fourth-order valence-electron chi connectivity index (χ4n) is 1.48. The molecule has 0 saturated carbocycles. The average molecular weight is 243 g/mol. The number of nitrogens with zero attached hydrogens (tertiary/aromatic N) is 1. The second-order valence-corrected chi connectivity index (χ2v) is 4.96. The van der Waals surface area contributed by atoms with Crippen LogP contribution in [0.25, 0.3) is 0 Å². The molecule has 0 amide bonds. The molecule has 1 aromatic heterocycles. The minimum Gasteiger partial charge on any atom is -0.399 e. The van der Waals surface area contributed by atoms with E-state index in [1.54, 1.807) is 27.7 Å². The zero-order valence-corrected chi connectivity index (χ0v) is 10.1. The molecule has 1 aliphatic heterocycles. The Bertz CT molecular complexity index is 498. The average Bonchev–Trinajstić information content (AvgIpc) is 2.45. The molecule has 0 N–H and O–H groups in total. The molecule has 0 aliphatic carbocycles. The summed E-state index contributed by atoms with van der Waals surface area (Å²) >= 11 is 0. The predicted molar refractivity (Wildman–Crippen MR) is 59.9 cm³/mol. The van der Waals surface area contributed by atoms with E-state index >= 15 is 0 Å². The van der Waals surface area contributed by atoms with Gasteiger partial charge in [-0.15, -0.1) is 0 Å². The second-order valence-electron chi connectivity index (χ2n) is 4.96. The van der Waals surface area contributed by atoms with Crippen molar-refractivity contribution in [1.29, 1.82) is 0 Å². The Hall–Kier alpha value is -1.01. The van der Waals surface area contributed by atoms with Crippen molar-refractivity contribution in [1.82, 2.24) is 4.98 Å². The van der Waals surface area contributed by atoms with E-state index in [1.165, 1.54) is 0 Å². The highest BCUT2D eigenvalue weighted by Gasteiger charge is 2.52. The molecule has 1 aromatic rings. The third-order valence-corrected chi connectivity index (χ3v) is 3.25. The van der Waals surface area contributed by atoms with Crippen molar-refractivity contribution < 1.29 is 20.8 Å². The molecule has 2 heterocycles. The van der Waals surface area contributed by atoms with Gasteiger partial charge in [0.15, 0.2) is 5.82 Å². The number of pyridine rings is 1. The topological polar surface area (TPSA) is 31.4 Å². The Morgan fingerprint density at radius 2 is 1.76 bits per heavy atom. The number of hydrogen-bond acceptors (Lipinski definition) is 3. The van der Waals surface area contributed by atoms with E-state index in [-0.39, 0.29) is 0 Å². The van der Waals surface area contributed by atoms with E-state index in [0.717, 1.165) is 0 Å². The SMILES string of the molecule is [2H]c1nc(F)c(F)c(B2OC(C)(C)C(C)(C)O2)c1[2H]. The Labute approximate surface area is 102 Å². The first-order chi connectivity index (χ1) is 8.57. The number of aromatic nitrogens is 1. The zero-order chi connectivity index (χ0) is 14.6. The van der Waals surface area contributed by atoms with Gasteiger partial charge in [0.05, 0.1) is 13.9 Å². The van der Waals surface area contributed by atoms with Gasteiger partial charge in [-0.3, -0.25) is 0 Å². The highest BCUT2D eigenvalue weighted by Crippen LogP contribution is 2.36. The van der Waals surface area contributed by atoms with Crippen LogP contribution in [-0.4, -0.2) is 23.3 Å². The summed E-state index contributed by atoms with van der Waals surface area (Å²) in [5, 5.41) is 0. The Morgan fingerprint density at radius 3 is 2.29 bits per heavy atom. The van der Waals surface area contributed by atoms with Crippen LogP contribution in [0.3, 0.4) is 0 Å². The van der Waals surface area contributed by atoms with Crippen LogP contribution < -0.4 is 5.46 Å². The van der Waals surface area contributed by atoms with E-state index in [9.17, 15) is 8.78 Å². The fourth-order valence-corrected chi connectivity index (χ4v) is 1.48. The van der Waals surface area contributed by atoms with E-state index < -0.39 is 47.8 Å². The molecule has 3 nitrogen and oxygen atoms in total. The van der Waals surface area contributed by atoms with Crippen LogP contribution in [0.15, 0.2) is 12.2 Å². The number of hydrogen-bond donors (Lipinski definition) is 0. The Morgan fingerprint density at radius 1 is 1.24 bits per heavy atom. The van der Waals surface area contributed by atoms with Crippen LogP contribution in [0, 0.1) is 11.8 Å². The molecule has 0 aromatic carbocycles. The van der Waals surface area contributed by atoms with Crippen molar-refractivity contribution in [2.45, 2.75) is 38.9 Å². The van der Waals surface area contributed by atoms with Gasteiger partial charge in [0, 0.05) is 11.6 Å². The first kappa shape index (κ1) is 9.97. The van der Waals surface area contributed by atoms with Crippen LogP contribution in [0.5, 0.6) is 0 Å². The molecule has 6 heteroatoms. The van der Waals surface area contributed by atoms with Gasteiger partial charge in [-0.2, -0.15) is 4.39 Å². The largest absolute Gasteiger partial charge is 0.498 e. The minimum absolute atomic E-state index is 0.420. The molecule has 92 valence electrons. The summed E-state index contributed by atoms with van der Waals surface area (Å²) in [7, 11) is -1.22. The van der Waals surface area contributed by atoms with Gasteiger partial charge < -0.3 is 9.31 Å². The number of halogens is 2. The van der Waals surface area contributed by atoms with Gasteiger partial charge in [-0.25, -0.2) is 9.37 Å². The third-order valence-electron chi connectivity index (χ3n) is 3.25. The summed E-state index contributed by atoms with van der Waals surface area (Å²) in [5.41, 5.74) is -1.90. The first-order valence-corrected chi connectivity index (χ1v) is 5.24. The molecule has 0 bridgehead atoms. The second kappa shape index (κ2) is 3.75. The van der Waals surface area contributed by atoms with E-state index in [1.807, 2.05) is 0 Å². The molecule has 0 spiro atoms. The highest BCUT2D eigenvalue weighted by atomic mass is 19.2. The van der Waals surface area contributed by atoms with Crippen LogP contribution in [0.2, 0.25) is 0 Å². The van der Waals surface area contributed by atoms with Crippen LogP contribution in [0.1, 0.15) is 30.4 Å². The summed E-state index contributed by atoms with van der Waals surface area (Å²) in [6, 6.07) is -0.530. The van der Waals surface area contributed by atoms with E-state index in [0.29, 0.717) is 0 Å². The van der Waals surface area contributed by atoms with Crippen molar-refractivity contribution in [3.05, 3.63) is 24.0 Å². The molecule has 1 fully saturated rings. The summed E-state index contributed by atoms with van der Waals surface area (Å²) in [4.78, 5) is 3.00. The maximum atomic E-state index is 13.8. The normalized spacial score (nSPS) is 23.5. The van der Waals surface area contributed by atoms with Gasteiger partial charge in [-0.05, 0) is 33.7 Å². The minimum atomic E-state index is -1.43. The van der Waals surface area contributed by atoms with Gasteiger partial charge in [0.2, 0.25) is 5.95 Å². The van der Waals surface area contributed by atoms with Gasteiger partial charge in [-0.1, -0.05) is 0 Å². The van der Waals surface area contributed by atoms with Gasteiger partial charge in [0.25, 0.3) is 0 Å². The van der Waals surface area contributed by atoms with Crippen molar-refractivity contribution in [2.75, 3.05) is 0 Å². The molecule has 1 aliphatic rings. The van der Waals surface area contributed by atoms with Crippen molar-refractivity contribution in [3.8, 4) is 0 Å². The van der Waals surface area contributed by atoms with E-state index in [4.69, 9.17) is 12.1 Å². The molecule has 0 unspecified atom stereocenters. The standard InChI is InChI=1S/C11H14BF2NO2/c1-10(2)11(3,4)17-12(16-10)7-5-6-15-9(14)8(7)13/h5-6H,1-4H3/i5D,6D. The first-order valence-electron chi connectivity index (χ1n) is 6.24. The summed E-state index contributed by atoms with van der Waals surface area (Å²) in [6.07, 6.45) is -0.649. The zero-order valence-electron chi connectivity index (χ0n) is 12.1. The lowest BCUT2D eigenvalue weighted by Crippen LogP contribution is -2.41. The summed E-state index contributed by atoms with van der Waals surface area (Å²) in [5.74, 6) is -2.73. The van der Waals surface area contributed by atoms with Crippen LogP contribution in [0.4, 0.5) is 8.78 Å². The molecule has 1 saturated heterocycles. The monoisotopic (exact) mass is 243 g/mol. The molecule has 17 heavy (non-hydrogen) atoms. The lowest BCUT2D eigenvalue weighted by Gasteiger charge is -2.32. The Balaban J connectivity index is 2.51. The molecule has 0 radical (unpaired) electrons. The highest BCUT2D eigenvalue weighted by molar-refractivity contribution is 6.62. The smallest absolute Gasteiger partial charge is 0.399 e. The van der Waals surface area contributed by atoms with Crippen molar-refractivity contribution >= 4 is 12.6 Å². The third kappa shape index (κ3) is 1.95. The Kier molecular flexibility index (Phi) is 2.20. The molecule has 2 rings (SSSR count). The van der Waals surface area contributed by atoms with Crippen molar-refractivity contribution in [2.24, 2.45) is 0 Å². The predicted octanol–water partition coefficient (Wildman–Crippen LogP) is 1.66. The summed E-state index contributed by atoms with van der Waals surface area (Å²) in [6.45, 7) is 7.03. The molecular weight excluding hydrogens is 227 g/mol. The van der Waals surface area contributed by atoms with E-state index in [2.05, 4.69) is 4.98 Å². The lowest BCUT2D eigenvalue weighted by molar-refractivity contribution is 0.00578. The van der Waals surface area contributed by atoms with Crippen molar-refractivity contribution in [3.63, 3.8) is 0 Å².